The van der Waals surface area contributed by atoms with Gasteiger partial charge >= 0.3 is 12.0 Å². The molecule has 1 aliphatic rings. The Hall–Kier alpha value is -3.03. The fourth-order valence-electron chi connectivity index (χ4n) is 3.32. The van der Waals surface area contributed by atoms with Crippen LogP contribution in [-0.4, -0.2) is 52.0 Å². The van der Waals surface area contributed by atoms with Crippen LogP contribution >= 0.6 is 0 Å². The highest BCUT2D eigenvalue weighted by atomic mass is 16.5. The first kappa shape index (κ1) is 18.8. The van der Waals surface area contributed by atoms with Crippen LogP contribution < -0.4 is 10.1 Å². The first-order chi connectivity index (χ1) is 12.9. The normalized spacial score (nSPS) is 19.6. The summed E-state index contributed by atoms with van der Waals surface area (Å²) in [4.78, 5) is 25.3. The number of likely N-dealkylation sites (tertiary alicyclic amines) is 1. The minimum atomic E-state index is -0.858. The van der Waals surface area contributed by atoms with Gasteiger partial charge in [-0.25, -0.2) is 4.79 Å². The predicted octanol–water partition coefficient (Wildman–Crippen LogP) is 2.51. The van der Waals surface area contributed by atoms with Gasteiger partial charge in [-0.1, -0.05) is 19.1 Å². The fraction of sp³-hybridized carbons (Fsp3) is 0.421. The zero-order chi connectivity index (χ0) is 19.4. The summed E-state index contributed by atoms with van der Waals surface area (Å²) in [6, 6.07) is 9.10. The van der Waals surface area contributed by atoms with Crippen molar-refractivity contribution >= 4 is 17.8 Å². The molecule has 0 radical (unpaired) electrons. The summed E-state index contributed by atoms with van der Waals surface area (Å²) in [5.41, 5.74) is 1.06. The van der Waals surface area contributed by atoms with E-state index >= 15 is 0 Å². The Morgan fingerprint density at radius 2 is 2.00 bits per heavy atom. The number of hydrogen-bond acceptors (Lipinski definition) is 4. The first-order valence-corrected chi connectivity index (χ1v) is 8.89. The molecule has 0 saturated carbocycles. The van der Waals surface area contributed by atoms with Gasteiger partial charge in [0.05, 0.1) is 19.6 Å². The first-order valence-electron chi connectivity index (χ1n) is 8.89. The molecule has 1 aliphatic heterocycles. The van der Waals surface area contributed by atoms with E-state index in [0.717, 1.165) is 11.3 Å². The monoisotopic (exact) mass is 372 g/mol. The number of ether oxygens (including phenoxy) is 1. The number of piperidine rings is 1. The molecule has 2 atom stereocenters. The molecule has 2 N–H and O–H groups in total. The molecule has 0 aliphatic carbocycles. The van der Waals surface area contributed by atoms with Crippen LogP contribution in [0.3, 0.4) is 0 Å². The van der Waals surface area contributed by atoms with Crippen LogP contribution in [0.5, 0.6) is 5.75 Å². The summed E-state index contributed by atoms with van der Waals surface area (Å²) in [6.07, 6.45) is 2.38. The van der Waals surface area contributed by atoms with Gasteiger partial charge in [0.15, 0.2) is 5.82 Å². The molecule has 2 aromatic rings. The number of nitrogens with zero attached hydrogens (tertiary/aromatic N) is 3. The zero-order valence-corrected chi connectivity index (χ0v) is 15.5. The van der Waals surface area contributed by atoms with Crippen LogP contribution in [0.25, 0.3) is 0 Å². The van der Waals surface area contributed by atoms with Crippen molar-refractivity contribution in [1.82, 2.24) is 14.7 Å². The van der Waals surface area contributed by atoms with Gasteiger partial charge in [0, 0.05) is 25.4 Å². The van der Waals surface area contributed by atoms with E-state index in [2.05, 4.69) is 10.4 Å². The van der Waals surface area contributed by atoms with Crippen LogP contribution in [0.2, 0.25) is 0 Å². The number of carbonyl (C=O) groups excluding carboxylic acids is 1. The summed E-state index contributed by atoms with van der Waals surface area (Å²) in [5.74, 6) is 0.00897. The number of aromatic nitrogens is 2. The van der Waals surface area contributed by atoms with Crippen LogP contribution in [-0.2, 0) is 11.3 Å². The lowest BCUT2D eigenvalue weighted by atomic mass is 9.91. The van der Waals surface area contributed by atoms with Gasteiger partial charge in [0.2, 0.25) is 0 Å². The SMILES string of the molecule is COc1ccc(Cn2ccc(NC(=O)N3CC(C)CC(C(=O)O)C3)n2)cc1. The van der Waals surface area contributed by atoms with Crippen molar-refractivity contribution in [3.8, 4) is 5.75 Å². The van der Waals surface area contributed by atoms with Crippen LogP contribution in [0, 0.1) is 11.8 Å². The standard InChI is InChI=1S/C19H24N4O4/c1-13-9-15(18(24)25)12-22(10-13)19(26)20-17-7-8-23(21-17)11-14-3-5-16(27-2)6-4-14/h3-8,13,15H,9-12H2,1-2H3,(H,24,25)(H,20,21,26). The number of urea groups is 1. The van der Waals surface area contributed by atoms with Gasteiger partial charge in [-0.2, -0.15) is 5.10 Å². The molecule has 2 heterocycles. The van der Waals surface area contributed by atoms with Gasteiger partial charge in [-0.05, 0) is 30.0 Å². The second-order valence-electron chi connectivity index (χ2n) is 6.96. The molecule has 1 fully saturated rings. The van der Waals surface area contributed by atoms with Gasteiger partial charge in [0.1, 0.15) is 5.75 Å². The minimum absolute atomic E-state index is 0.151. The molecule has 1 aromatic carbocycles. The second kappa shape index (κ2) is 8.11. The maximum Gasteiger partial charge on any atom is 0.323 e. The zero-order valence-electron chi connectivity index (χ0n) is 15.5. The van der Waals surface area contributed by atoms with Crippen molar-refractivity contribution in [1.29, 1.82) is 0 Å². The van der Waals surface area contributed by atoms with Crippen molar-refractivity contribution in [2.45, 2.75) is 19.9 Å². The molecular weight excluding hydrogens is 348 g/mol. The van der Waals surface area contributed by atoms with E-state index in [1.165, 1.54) is 0 Å². The van der Waals surface area contributed by atoms with Crippen molar-refractivity contribution in [2.75, 3.05) is 25.5 Å². The molecule has 8 nitrogen and oxygen atoms in total. The molecule has 2 unspecified atom stereocenters. The lowest BCUT2D eigenvalue weighted by Gasteiger charge is -2.34. The number of amides is 2. The number of aliphatic carboxylic acids is 1. The Bertz CT molecular complexity index is 802. The van der Waals surface area contributed by atoms with Crippen LogP contribution in [0.15, 0.2) is 36.5 Å². The van der Waals surface area contributed by atoms with E-state index in [1.54, 1.807) is 29.0 Å². The molecule has 1 saturated heterocycles. The molecule has 27 heavy (non-hydrogen) atoms. The van der Waals surface area contributed by atoms with E-state index in [1.807, 2.05) is 31.2 Å². The fourth-order valence-corrected chi connectivity index (χ4v) is 3.32. The Labute approximate surface area is 157 Å². The van der Waals surface area contributed by atoms with E-state index in [9.17, 15) is 14.7 Å². The highest BCUT2D eigenvalue weighted by molar-refractivity contribution is 5.88. The molecule has 0 spiro atoms. The van der Waals surface area contributed by atoms with Gasteiger partial charge in [0.25, 0.3) is 0 Å². The number of benzene rings is 1. The van der Waals surface area contributed by atoms with Crippen LogP contribution in [0.1, 0.15) is 18.9 Å². The summed E-state index contributed by atoms with van der Waals surface area (Å²) in [6.45, 7) is 3.29. The number of carboxylic acids is 1. The predicted molar refractivity (Wildman–Crippen MR) is 99.8 cm³/mol. The Morgan fingerprint density at radius 1 is 1.26 bits per heavy atom. The highest BCUT2D eigenvalue weighted by Gasteiger charge is 2.32. The van der Waals surface area contributed by atoms with Crippen molar-refractivity contribution in [2.24, 2.45) is 11.8 Å². The number of nitrogens with one attached hydrogen (secondary N) is 1. The molecule has 144 valence electrons. The molecule has 8 heteroatoms. The van der Waals surface area contributed by atoms with Gasteiger partial charge < -0.3 is 14.7 Å². The van der Waals surface area contributed by atoms with Gasteiger partial charge in [-0.15, -0.1) is 0 Å². The Morgan fingerprint density at radius 3 is 2.67 bits per heavy atom. The van der Waals surface area contributed by atoms with Crippen LogP contribution in [0.4, 0.5) is 10.6 Å². The summed E-state index contributed by atoms with van der Waals surface area (Å²) < 4.78 is 6.88. The number of rotatable bonds is 5. The van der Waals surface area contributed by atoms with Gasteiger partial charge in [-0.3, -0.25) is 14.8 Å². The Kier molecular flexibility index (Phi) is 5.63. The topological polar surface area (TPSA) is 96.7 Å². The maximum atomic E-state index is 12.5. The molecule has 0 bridgehead atoms. The summed E-state index contributed by atoms with van der Waals surface area (Å²) >= 11 is 0. The smallest absolute Gasteiger partial charge is 0.323 e. The van der Waals surface area contributed by atoms with E-state index < -0.39 is 11.9 Å². The quantitative estimate of drug-likeness (QED) is 0.841. The molecule has 3 rings (SSSR count). The third-order valence-electron chi connectivity index (χ3n) is 4.68. The molecule has 1 aromatic heterocycles. The van der Waals surface area contributed by atoms with E-state index in [0.29, 0.717) is 25.3 Å². The lowest BCUT2D eigenvalue weighted by molar-refractivity contribution is -0.143. The van der Waals surface area contributed by atoms with E-state index in [-0.39, 0.29) is 18.5 Å². The molecule has 2 amide bonds. The largest absolute Gasteiger partial charge is 0.497 e. The second-order valence-corrected chi connectivity index (χ2v) is 6.96. The number of carboxylic acid groups (broad SMARTS) is 1. The Balaban J connectivity index is 1.59. The number of methoxy groups -OCH3 is 1. The average Bonchev–Trinajstić information content (AvgIpc) is 3.08. The van der Waals surface area contributed by atoms with E-state index in [4.69, 9.17) is 4.74 Å². The maximum absolute atomic E-state index is 12.5. The lowest BCUT2D eigenvalue weighted by Crippen LogP contribution is -2.47. The highest BCUT2D eigenvalue weighted by Crippen LogP contribution is 2.22. The third kappa shape index (κ3) is 4.78. The van der Waals surface area contributed by atoms with Crippen molar-refractivity contribution < 1.29 is 19.4 Å². The number of carbonyl (C=O) groups is 2. The number of hydrogen-bond donors (Lipinski definition) is 2. The summed E-state index contributed by atoms with van der Waals surface area (Å²) in [5, 5.41) is 16.4. The van der Waals surface area contributed by atoms with Crippen molar-refractivity contribution in [3.05, 3.63) is 42.1 Å². The number of anilines is 1. The summed E-state index contributed by atoms with van der Waals surface area (Å²) in [7, 11) is 1.62. The average molecular weight is 372 g/mol. The molecular formula is C19H24N4O4. The minimum Gasteiger partial charge on any atom is -0.497 e. The van der Waals surface area contributed by atoms with Crippen molar-refractivity contribution in [3.63, 3.8) is 0 Å². The third-order valence-corrected chi connectivity index (χ3v) is 4.68.